The van der Waals surface area contributed by atoms with E-state index in [4.69, 9.17) is 13.7 Å². The minimum absolute atomic E-state index is 0.308. The minimum Gasteiger partial charge on any atom is -0.485 e. The van der Waals surface area contributed by atoms with Crippen molar-refractivity contribution in [3.8, 4) is 5.75 Å². The molecule has 1 saturated carbocycles. The van der Waals surface area contributed by atoms with Crippen LogP contribution in [0.15, 0.2) is 50.1 Å². The molecule has 1 aromatic carbocycles. The standard InChI is InChI=1S/C19H19NO4/c21-19-9-7-14-6-8-15(11-18(14)23-19)22-12-16-10-17(20-24-16)13-4-2-1-3-5-13/h6-11,13H,1-5,12H2. The maximum atomic E-state index is 11.3. The number of aromatic nitrogens is 1. The van der Waals surface area contributed by atoms with Gasteiger partial charge in [0.25, 0.3) is 0 Å². The highest BCUT2D eigenvalue weighted by atomic mass is 16.5. The maximum absolute atomic E-state index is 11.3. The number of hydrogen-bond donors (Lipinski definition) is 0. The van der Waals surface area contributed by atoms with Crippen LogP contribution >= 0.6 is 0 Å². The molecule has 0 atom stereocenters. The van der Waals surface area contributed by atoms with Crippen molar-refractivity contribution < 1.29 is 13.7 Å². The number of ether oxygens (including phenoxy) is 1. The van der Waals surface area contributed by atoms with Gasteiger partial charge >= 0.3 is 5.63 Å². The summed E-state index contributed by atoms with van der Waals surface area (Å²) in [6.07, 6.45) is 6.24. The zero-order chi connectivity index (χ0) is 16.4. The molecule has 0 amide bonds. The molecule has 0 unspecified atom stereocenters. The van der Waals surface area contributed by atoms with Crippen LogP contribution in [0.1, 0.15) is 49.5 Å². The molecule has 1 fully saturated rings. The van der Waals surface area contributed by atoms with Crippen LogP contribution in [-0.2, 0) is 6.61 Å². The van der Waals surface area contributed by atoms with E-state index < -0.39 is 0 Å². The molecule has 124 valence electrons. The van der Waals surface area contributed by atoms with Crippen molar-refractivity contribution >= 4 is 11.0 Å². The molecular formula is C19H19NO4. The maximum Gasteiger partial charge on any atom is 0.336 e. The predicted molar refractivity (Wildman–Crippen MR) is 89.1 cm³/mol. The average Bonchev–Trinajstić information content (AvgIpc) is 3.09. The zero-order valence-electron chi connectivity index (χ0n) is 13.4. The Hall–Kier alpha value is -2.56. The van der Waals surface area contributed by atoms with Crippen LogP contribution in [0.4, 0.5) is 0 Å². The van der Waals surface area contributed by atoms with Gasteiger partial charge in [-0.1, -0.05) is 24.4 Å². The smallest absolute Gasteiger partial charge is 0.336 e. The fraction of sp³-hybridized carbons (Fsp3) is 0.368. The van der Waals surface area contributed by atoms with Crippen molar-refractivity contribution in [2.24, 2.45) is 0 Å². The third kappa shape index (κ3) is 3.20. The number of benzene rings is 1. The van der Waals surface area contributed by atoms with Crippen molar-refractivity contribution in [1.29, 1.82) is 0 Å². The molecule has 2 heterocycles. The summed E-state index contributed by atoms with van der Waals surface area (Å²) in [5, 5.41) is 5.06. The second-order valence-electron chi connectivity index (χ2n) is 6.30. The van der Waals surface area contributed by atoms with E-state index in [0.717, 1.165) is 11.1 Å². The van der Waals surface area contributed by atoms with E-state index in [9.17, 15) is 4.79 Å². The Bertz CT molecular complexity index is 890. The molecule has 0 N–H and O–H groups in total. The second-order valence-corrected chi connectivity index (χ2v) is 6.30. The Balaban J connectivity index is 1.45. The molecule has 3 aromatic rings. The van der Waals surface area contributed by atoms with Gasteiger partial charge < -0.3 is 13.7 Å². The number of hydrogen-bond acceptors (Lipinski definition) is 5. The average molecular weight is 325 g/mol. The molecule has 5 nitrogen and oxygen atoms in total. The lowest BCUT2D eigenvalue weighted by Crippen LogP contribution is -2.04. The molecule has 24 heavy (non-hydrogen) atoms. The van der Waals surface area contributed by atoms with E-state index in [0.29, 0.717) is 29.6 Å². The second kappa shape index (κ2) is 6.51. The van der Waals surface area contributed by atoms with Crippen LogP contribution < -0.4 is 10.4 Å². The monoisotopic (exact) mass is 325 g/mol. The molecule has 4 rings (SSSR count). The Labute approximate surface area is 139 Å². The molecular weight excluding hydrogens is 306 g/mol. The van der Waals surface area contributed by atoms with Gasteiger partial charge in [-0.25, -0.2) is 4.79 Å². The van der Waals surface area contributed by atoms with Crippen LogP contribution in [0.2, 0.25) is 0 Å². The predicted octanol–water partition coefficient (Wildman–Crippen LogP) is 4.41. The summed E-state index contributed by atoms with van der Waals surface area (Å²) in [6, 6.07) is 10.6. The van der Waals surface area contributed by atoms with E-state index >= 15 is 0 Å². The lowest BCUT2D eigenvalue weighted by atomic mass is 9.87. The van der Waals surface area contributed by atoms with Gasteiger partial charge in [-0.3, -0.25) is 0 Å². The van der Waals surface area contributed by atoms with Crippen LogP contribution in [0, 0.1) is 0 Å². The molecule has 0 saturated heterocycles. The number of rotatable bonds is 4. The molecule has 5 heteroatoms. The molecule has 1 aliphatic rings. The topological polar surface area (TPSA) is 65.5 Å². The van der Waals surface area contributed by atoms with Gasteiger partial charge in [-0.2, -0.15) is 0 Å². The van der Waals surface area contributed by atoms with Gasteiger partial charge in [0.2, 0.25) is 0 Å². The fourth-order valence-electron chi connectivity index (χ4n) is 3.27. The Morgan fingerprint density at radius 3 is 2.79 bits per heavy atom. The highest BCUT2D eigenvalue weighted by molar-refractivity contribution is 5.77. The third-order valence-corrected chi connectivity index (χ3v) is 4.58. The van der Waals surface area contributed by atoms with E-state index in [1.54, 1.807) is 12.1 Å². The van der Waals surface area contributed by atoms with E-state index in [1.807, 2.05) is 18.2 Å². The van der Waals surface area contributed by atoms with Crippen LogP contribution in [0.5, 0.6) is 5.75 Å². The molecule has 0 bridgehead atoms. The molecule has 2 aromatic heterocycles. The summed E-state index contributed by atoms with van der Waals surface area (Å²) in [4.78, 5) is 11.3. The largest absolute Gasteiger partial charge is 0.485 e. The molecule has 1 aliphatic carbocycles. The van der Waals surface area contributed by atoms with Crippen molar-refractivity contribution in [2.45, 2.75) is 44.6 Å². The zero-order valence-corrected chi connectivity index (χ0v) is 13.4. The summed E-state index contributed by atoms with van der Waals surface area (Å²) in [7, 11) is 0. The summed E-state index contributed by atoms with van der Waals surface area (Å²) in [6.45, 7) is 0.308. The first-order chi connectivity index (χ1) is 11.8. The summed E-state index contributed by atoms with van der Waals surface area (Å²) < 4.78 is 16.3. The third-order valence-electron chi connectivity index (χ3n) is 4.58. The first-order valence-corrected chi connectivity index (χ1v) is 8.40. The quantitative estimate of drug-likeness (QED) is 0.665. The first kappa shape index (κ1) is 15.0. The minimum atomic E-state index is -0.369. The molecule has 0 spiro atoms. The van der Waals surface area contributed by atoms with Crippen LogP contribution in [0.25, 0.3) is 11.0 Å². The summed E-state index contributed by atoms with van der Waals surface area (Å²) in [5.41, 5.74) is 1.19. The lowest BCUT2D eigenvalue weighted by Gasteiger charge is -2.18. The first-order valence-electron chi connectivity index (χ1n) is 8.40. The van der Waals surface area contributed by atoms with Gasteiger partial charge in [0.15, 0.2) is 5.76 Å². The van der Waals surface area contributed by atoms with E-state index in [-0.39, 0.29) is 5.63 Å². The van der Waals surface area contributed by atoms with Crippen LogP contribution in [-0.4, -0.2) is 5.16 Å². The van der Waals surface area contributed by atoms with E-state index in [1.165, 1.54) is 38.2 Å². The fourth-order valence-corrected chi connectivity index (χ4v) is 3.27. The molecule has 0 aliphatic heterocycles. The summed E-state index contributed by atoms with van der Waals surface area (Å²) in [5.74, 6) is 1.86. The highest BCUT2D eigenvalue weighted by Gasteiger charge is 2.19. The van der Waals surface area contributed by atoms with Crippen molar-refractivity contribution in [2.75, 3.05) is 0 Å². The number of nitrogens with zero attached hydrogens (tertiary/aromatic N) is 1. The van der Waals surface area contributed by atoms with Gasteiger partial charge in [0.1, 0.15) is 17.9 Å². The normalized spacial score (nSPS) is 15.7. The van der Waals surface area contributed by atoms with Crippen molar-refractivity contribution in [3.63, 3.8) is 0 Å². The SMILES string of the molecule is O=c1ccc2ccc(OCc3cc(C4CCCCC4)no3)cc2o1. The van der Waals surface area contributed by atoms with Crippen LogP contribution in [0.3, 0.4) is 0 Å². The summed E-state index contributed by atoms with van der Waals surface area (Å²) >= 11 is 0. The molecule has 0 radical (unpaired) electrons. The van der Waals surface area contributed by atoms with Gasteiger partial charge in [-0.05, 0) is 31.0 Å². The van der Waals surface area contributed by atoms with Gasteiger partial charge in [0, 0.05) is 29.5 Å². The van der Waals surface area contributed by atoms with Gasteiger partial charge in [0.05, 0.1) is 5.69 Å². The number of fused-ring (bicyclic) bond motifs is 1. The lowest BCUT2D eigenvalue weighted by molar-refractivity contribution is 0.247. The Kier molecular flexibility index (Phi) is 4.07. The van der Waals surface area contributed by atoms with E-state index in [2.05, 4.69) is 5.16 Å². The van der Waals surface area contributed by atoms with Crippen molar-refractivity contribution in [3.05, 3.63) is 58.3 Å². The van der Waals surface area contributed by atoms with Gasteiger partial charge in [-0.15, -0.1) is 0 Å². The Morgan fingerprint density at radius 1 is 1.08 bits per heavy atom. The Morgan fingerprint density at radius 2 is 1.92 bits per heavy atom. The van der Waals surface area contributed by atoms with Crippen molar-refractivity contribution in [1.82, 2.24) is 5.16 Å². The highest BCUT2D eigenvalue weighted by Crippen LogP contribution is 2.32.